The van der Waals surface area contributed by atoms with E-state index in [-0.39, 0.29) is 5.41 Å². The van der Waals surface area contributed by atoms with Crippen LogP contribution in [0.1, 0.15) is 43.6 Å². The number of nitriles is 1. The van der Waals surface area contributed by atoms with Gasteiger partial charge in [-0.25, -0.2) is 0 Å². The fraction of sp³-hybridized carbons (Fsp3) is 0.714. The molecule has 0 aromatic carbocycles. The van der Waals surface area contributed by atoms with Gasteiger partial charge in [0.1, 0.15) is 0 Å². The minimum absolute atomic E-state index is 0.207. The zero-order chi connectivity index (χ0) is 13.8. The topological polar surface area (TPSA) is 53.6 Å². The van der Waals surface area contributed by atoms with E-state index < -0.39 is 0 Å². The van der Waals surface area contributed by atoms with E-state index in [0.29, 0.717) is 0 Å². The monoisotopic (exact) mass is 248 g/mol. The predicted octanol–water partition coefficient (Wildman–Crippen LogP) is 2.46. The maximum Gasteiger partial charge on any atom is 0.0683 e. The maximum atomic E-state index is 8.92. The van der Waals surface area contributed by atoms with Crippen LogP contribution in [0.3, 0.4) is 0 Å². The van der Waals surface area contributed by atoms with E-state index in [1.54, 1.807) is 0 Å². The molecule has 1 aromatic heterocycles. The highest BCUT2D eigenvalue weighted by Gasteiger charge is 2.15. The molecule has 4 nitrogen and oxygen atoms in total. The van der Waals surface area contributed by atoms with Crippen LogP contribution >= 0.6 is 0 Å². The van der Waals surface area contributed by atoms with Gasteiger partial charge in [-0.2, -0.15) is 10.4 Å². The van der Waals surface area contributed by atoms with Gasteiger partial charge in [-0.1, -0.05) is 0 Å². The van der Waals surface area contributed by atoms with Crippen LogP contribution in [0.15, 0.2) is 0 Å². The molecule has 0 spiro atoms. The van der Waals surface area contributed by atoms with Gasteiger partial charge in [0, 0.05) is 24.8 Å². The molecule has 0 amide bonds. The van der Waals surface area contributed by atoms with Crippen molar-refractivity contribution in [3.63, 3.8) is 0 Å². The molecule has 0 atom stereocenters. The van der Waals surface area contributed by atoms with Crippen LogP contribution < -0.4 is 5.32 Å². The molecular weight excluding hydrogens is 224 g/mol. The zero-order valence-electron chi connectivity index (χ0n) is 12.2. The second-order valence-electron chi connectivity index (χ2n) is 5.55. The third-order valence-corrected chi connectivity index (χ3v) is 3.42. The molecule has 0 unspecified atom stereocenters. The first-order valence-electron chi connectivity index (χ1n) is 6.48. The summed E-state index contributed by atoms with van der Waals surface area (Å²) in [5.41, 5.74) is 3.40. The minimum Gasteiger partial charge on any atom is -0.313 e. The van der Waals surface area contributed by atoms with Gasteiger partial charge in [0.25, 0.3) is 0 Å². The number of nitrogens with one attached hydrogen (secondary N) is 1. The third kappa shape index (κ3) is 3.85. The van der Waals surface area contributed by atoms with Crippen molar-refractivity contribution in [2.24, 2.45) is 12.5 Å². The van der Waals surface area contributed by atoms with E-state index in [0.717, 1.165) is 31.6 Å². The fourth-order valence-corrected chi connectivity index (χ4v) is 2.00. The summed E-state index contributed by atoms with van der Waals surface area (Å²) in [7, 11) is 1.97. The maximum absolute atomic E-state index is 8.92. The van der Waals surface area contributed by atoms with Crippen molar-refractivity contribution in [1.82, 2.24) is 15.1 Å². The first-order valence-corrected chi connectivity index (χ1v) is 6.48. The molecule has 1 rings (SSSR count). The normalized spacial score (nSPS) is 11.6. The molecular formula is C14H24N4. The summed E-state index contributed by atoms with van der Waals surface area (Å²) in [5, 5.41) is 16.7. The Balaban J connectivity index is 2.33. The Morgan fingerprint density at radius 2 is 2.06 bits per heavy atom. The Bertz CT molecular complexity index is 437. The van der Waals surface area contributed by atoms with Crippen molar-refractivity contribution in [3.8, 4) is 6.07 Å². The Kier molecular flexibility index (Phi) is 4.92. The number of nitrogens with zero attached hydrogens (tertiary/aromatic N) is 3. The molecule has 18 heavy (non-hydrogen) atoms. The van der Waals surface area contributed by atoms with Gasteiger partial charge in [0.15, 0.2) is 0 Å². The molecule has 100 valence electrons. The zero-order valence-corrected chi connectivity index (χ0v) is 12.2. The van der Waals surface area contributed by atoms with E-state index in [4.69, 9.17) is 5.26 Å². The average molecular weight is 248 g/mol. The minimum atomic E-state index is -0.207. The van der Waals surface area contributed by atoms with E-state index in [9.17, 15) is 0 Å². The summed E-state index contributed by atoms with van der Waals surface area (Å²) >= 11 is 0. The van der Waals surface area contributed by atoms with Crippen LogP contribution in [0.2, 0.25) is 0 Å². The van der Waals surface area contributed by atoms with E-state index in [2.05, 4.69) is 23.4 Å². The lowest BCUT2D eigenvalue weighted by Crippen LogP contribution is -2.18. The Morgan fingerprint density at radius 1 is 1.39 bits per heavy atom. The van der Waals surface area contributed by atoms with Crippen molar-refractivity contribution in [1.29, 1.82) is 5.26 Å². The predicted molar refractivity (Wildman–Crippen MR) is 73.0 cm³/mol. The fourth-order valence-electron chi connectivity index (χ4n) is 2.00. The van der Waals surface area contributed by atoms with Gasteiger partial charge in [-0.05, 0) is 47.1 Å². The second-order valence-corrected chi connectivity index (χ2v) is 5.55. The number of hydrogen-bond acceptors (Lipinski definition) is 3. The summed E-state index contributed by atoms with van der Waals surface area (Å²) < 4.78 is 1.92. The summed E-state index contributed by atoms with van der Waals surface area (Å²) in [6.07, 6.45) is 1.96. The Morgan fingerprint density at radius 3 is 2.56 bits per heavy atom. The Labute approximate surface area is 110 Å². The van der Waals surface area contributed by atoms with Crippen molar-refractivity contribution < 1.29 is 0 Å². The van der Waals surface area contributed by atoms with Gasteiger partial charge in [0.05, 0.1) is 17.2 Å². The van der Waals surface area contributed by atoms with Crippen LogP contribution in [0, 0.1) is 30.6 Å². The second kappa shape index (κ2) is 6.01. The molecule has 0 fully saturated rings. The molecule has 0 aliphatic carbocycles. The number of rotatable bonds is 6. The van der Waals surface area contributed by atoms with E-state index in [1.807, 2.05) is 32.5 Å². The van der Waals surface area contributed by atoms with Crippen molar-refractivity contribution in [2.45, 2.75) is 47.1 Å². The quantitative estimate of drug-likeness (QED) is 0.787. The average Bonchev–Trinajstić information content (AvgIpc) is 2.54. The summed E-state index contributed by atoms with van der Waals surface area (Å²) in [6.45, 7) is 9.92. The van der Waals surface area contributed by atoms with Crippen LogP contribution in [0.5, 0.6) is 0 Å². The van der Waals surface area contributed by atoms with E-state index >= 15 is 0 Å². The van der Waals surface area contributed by atoms with Crippen molar-refractivity contribution in [2.75, 3.05) is 6.54 Å². The lowest BCUT2D eigenvalue weighted by Gasteiger charge is -2.14. The molecule has 1 aromatic rings. The smallest absolute Gasteiger partial charge is 0.0683 e. The molecule has 0 radical (unpaired) electrons. The highest BCUT2D eigenvalue weighted by atomic mass is 15.3. The third-order valence-electron chi connectivity index (χ3n) is 3.42. The molecule has 0 saturated carbocycles. The SMILES string of the molecule is Cc1nn(C)c(C)c1CNCCCC(C)(C)C#N. The molecule has 1 heterocycles. The first-order chi connectivity index (χ1) is 8.37. The molecule has 0 aliphatic rings. The lowest BCUT2D eigenvalue weighted by molar-refractivity contribution is 0.425. The Hall–Kier alpha value is -1.34. The molecule has 0 saturated heterocycles. The molecule has 4 heteroatoms. The van der Waals surface area contributed by atoms with Gasteiger partial charge < -0.3 is 5.32 Å². The summed E-state index contributed by atoms with van der Waals surface area (Å²) in [4.78, 5) is 0. The van der Waals surface area contributed by atoms with Gasteiger partial charge >= 0.3 is 0 Å². The number of hydrogen-bond donors (Lipinski definition) is 1. The highest BCUT2D eigenvalue weighted by molar-refractivity contribution is 5.23. The summed E-state index contributed by atoms with van der Waals surface area (Å²) in [5.74, 6) is 0. The van der Waals surface area contributed by atoms with Gasteiger partial charge in [-0.3, -0.25) is 4.68 Å². The van der Waals surface area contributed by atoms with E-state index in [1.165, 1.54) is 11.3 Å². The largest absolute Gasteiger partial charge is 0.313 e. The van der Waals surface area contributed by atoms with Crippen molar-refractivity contribution >= 4 is 0 Å². The van der Waals surface area contributed by atoms with Crippen LogP contribution in [0.25, 0.3) is 0 Å². The molecule has 0 aliphatic heterocycles. The highest BCUT2D eigenvalue weighted by Crippen LogP contribution is 2.20. The van der Waals surface area contributed by atoms with Crippen LogP contribution in [-0.2, 0) is 13.6 Å². The standard InChI is InChI=1S/C14H24N4/c1-11-13(12(2)18(5)17-11)9-16-8-6-7-14(3,4)10-15/h16H,6-9H2,1-5H3. The van der Waals surface area contributed by atoms with Crippen molar-refractivity contribution in [3.05, 3.63) is 17.0 Å². The lowest BCUT2D eigenvalue weighted by atomic mass is 9.90. The van der Waals surface area contributed by atoms with Gasteiger partial charge in [0.2, 0.25) is 0 Å². The number of aromatic nitrogens is 2. The van der Waals surface area contributed by atoms with Crippen LogP contribution in [-0.4, -0.2) is 16.3 Å². The molecule has 1 N–H and O–H groups in total. The molecule has 0 bridgehead atoms. The first kappa shape index (κ1) is 14.7. The summed E-state index contributed by atoms with van der Waals surface area (Å²) in [6, 6.07) is 2.33. The van der Waals surface area contributed by atoms with Crippen LogP contribution in [0.4, 0.5) is 0 Å². The number of aryl methyl sites for hydroxylation is 2. The van der Waals surface area contributed by atoms with Gasteiger partial charge in [-0.15, -0.1) is 0 Å².